The lowest BCUT2D eigenvalue weighted by Crippen LogP contribution is -2.35. The Labute approximate surface area is 169 Å². The summed E-state index contributed by atoms with van der Waals surface area (Å²) in [4.78, 5) is 34.1. The molecule has 1 aromatic heterocycles. The third kappa shape index (κ3) is 6.18. The van der Waals surface area contributed by atoms with Gasteiger partial charge in [-0.1, -0.05) is 37.3 Å². The Balaban J connectivity index is 0.000000321. The van der Waals surface area contributed by atoms with Gasteiger partial charge in [0.15, 0.2) is 0 Å². The molecule has 3 rings (SSSR count). The lowest BCUT2D eigenvalue weighted by Gasteiger charge is -2.29. The highest BCUT2D eigenvalue weighted by molar-refractivity contribution is 5.89. The predicted octanol–water partition coefficient (Wildman–Crippen LogP) is 2.38. The molecule has 0 atom stereocenters. The molecule has 1 saturated heterocycles. The number of nitrogens with zero attached hydrogens (tertiary/aromatic N) is 2. The third-order valence-corrected chi connectivity index (χ3v) is 4.85. The van der Waals surface area contributed by atoms with Crippen LogP contribution < -0.4 is 5.56 Å². The zero-order valence-corrected chi connectivity index (χ0v) is 16.7. The zero-order valence-electron chi connectivity index (χ0n) is 16.7. The van der Waals surface area contributed by atoms with Gasteiger partial charge < -0.3 is 15.1 Å². The number of benzene rings is 1. The number of aromatic amines is 1. The molecule has 0 aliphatic carbocycles. The summed E-state index contributed by atoms with van der Waals surface area (Å²) in [5, 5.41) is 19.0. The number of H-pyrrole nitrogens is 1. The lowest BCUT2D eigenvalue weighted by molar-refractivity contribution is -0.134. The van der Waals surface area contributed by atoms with Gasteiger partial charge in [0.2, 0.25) is 0 Å². The van der Waals surface area contributed by atoms with Crippen LogP contribution in [0.1, 0.15) is 31.4 Å². The molecule has 0 unspecified atom stereocenters. The first-order valence-electron chi connectivity index (χ1n) is 9.54. The molecule has 2 heterocycles. The van der Waals surface area contributed by atoms with Crippen molar-refractivity contribution in [1.82, 2.24) is 14.7 Å². The SMILES string of the molecule is CCc1c(-c2ccccc2)[nH]n(C2CCN(C)CC2)c1=O.O=C(O)/C=C\C(=O)O. The van der Waals surface area contributed by atoms with Crippen molar-refractivity contribution in [3.63, 3.8) is 0 Å². The molecular weight excluding hydrogens is 374 g/mol. The molecule has 29 heavy (non-hydrogen) atoms. The van der Waals surface area contributed by atoms with E-state index < -0.39 is 11.9 Å². The number of aliphatic carboxylic acids is 2. The standard InChI is InChI=1S/C17H23N3O.C4H4O4/c1-3-15-16(13-7-5-4-6-8-13)18-20(17(15)21)14-9-11-19(2)12-10-14;5-3(6)1-2-4(7)8/h4-8,14,18H,3,9-12H2,1-2H3;1-2H,(H,5,6)(H,7,8)/b;2-1-. The van der Waals surface area contributed by atoms with Crippen molar-refractivity contribution in [2.75, 3.05) is 20.1 Å². The number of carbonyl (C=O) groups is 2. The van der Waals surface area contributed by atoms with Crippen molar-refractivity contribution in [2.45, 2.75) is 32.2 Å². The first-order valence-corrected chi connectivity index (χ1v) is 9.54. The highest BCUT2D eigenvalue weighted by atomic mass is 16.4. The largest absolute Gasteiger partial charge is 0.478 e. The van der Waals surface area contributed by atoms with Crippen molar-refractivity contribution < 1.29 is 19.8 Å². The highest BCUT2D eigenvalue weighted by Crippen LogP contribution is 2.24. The summed E-state index contributed by atoms with van der Waals surface area (Å²) in [7, 11) is 2.14. The van der Waals surface area contributed by atoms with Crippen molar-refractivity contribution in [3.8, 4) is 11.3 Å². The second-order valence-corrected chi connectivity index (χ2v) is 6.90. The minimum absolute atomic E-state index is 0.158. The van der Waals surface area contributed by atoms with E-state index in [-0.39, 0.29) is 5.56 Å². The van der Waals surface area contributed by atoms with Gasteiger partial charge in [-0.2, -0.15) is 0 Å². The Bertz CT molecular complexity index is 890. The van der Waals surface area contributed by atoms with Gasteiger partial charge in [0.1, 0.15) is 0 Å². The summed E-state index contributed by atoms with van der Waals surface area (Å²) >= 11 is 0. The molecule has 0 amide bonds. The number of hydrogen-bond acceptors (Lipinski definition) is 4. The normalized spacial score (nSPS) is 15.1. The highest BCUT2D eigenvalue weighted by Gasteiger charge is 2.23. The van der Waals surface area contributed by atoms with E-state index in [2.05, 4.69) is 36.1 Å². The molecule has 8 heteroatoms. The average molecular weight is 401 g/mol. The summed E-state index contributed by atoms with van der Waals surface area (Å²) in [6.45, 7) is 4.16. The third-order valence-electron chi connectivity index (χ3n) is 4.85. The number of rotatable bonds is 5. The van der Waals surface area contributed by atoms with Gasteiger partial charge in [-0.15, -0.1) is 0 Å². The van der Waals surface area contributed by atoms with E-state index in [0.717, 1.165) is 49.2 Å². The first-order chi connectivity index (χ1) is 13.8. The van der Waals surface area contributed by atoms with E-state index in [4.69, 9.17) is 10.2 Å². The monoisotopic (exact) mass is 401 g/mol. The maximum atomic E-state index is 12.7. The van der Waals surface area contributed by atoms with Gasteiger partial charge in [-0.25, -0.2) is 14.3 Å². The second kappa shape index (κ2) is 10.4. The molecule has 156 valence electrons. The fourth-order valence-corrected chi connectivity index (χ4v) is 3.32. The minimum Gasteiger partial charge on any atom is -0.478 e. The zero-order chi connectivity index (χ0) is 21.4. The van der Waals surface area contributed by atoms with Crippen molar-refractivity contribution >= 4 is 11.9 Å². The Morgan fingerprint density at radius 2 is 1.66 bits per heavy atom. The van der Waals surface area contributed by atoms with E-state index in [9.17, 15) is 14.4 Å². The smallest absolute Gasteiger partial charge is 0.328 e. The van der Waals surface area contributed by atoms with Crippen LogP contribution in [0, 0.1) is 0 Å². The van der Waals surface area contributed by atoms with Gasteiger partial charge >= 0.3 is 11.9 Å². The van der Waals surface area contributed by atoms with Crippen LogP contribution in [-0.2, 0) is 16.0 Å². The molecule has 1 aliphatic heterocycles. The number of hydrogen-bond donors (Lipinski definition) is 3. The fourth-order valence-electron chi connectivity index (χ4n) is 3.32. The molecule has 8 nitrogen and oxygen atoms in total. The van der Waals surface area contributed by atoms with Gasteiger partial charge in [-0.3, -0.25) is 9.89 Å². The predicted molar refractivity (Wildman–Crippen MR) is 110 cm³/mol. The van der Waals surface area contributed by atoms with Crippen LogP contribution in [0.2, 0.25) is 0 Å². The van der Waals surface area contributed by atoms with Gasteiger partial charge in [0, 0.05) is 17.7 Å². The van der Waals surface area contributed by atoms with Crippen molar-refractivity contribution in [2.24, 2.45) is 0 Å². The van der Waals surface area contributed by atoms with Crippen LogP contribution in [0.25, 0.3) is 11.3 Å². The molecule has 1 fully saturated rings. The summed E-state index contributed by atoms with van der Waals surface area (Å²) in [5.41, 5.74) is 3.14. The van der Waals surface area contributed by atoms with Crippen LogP contribution in [-0.4, -0.2) is 57.0 Å². The van der Waals surface area contributed by atoms with E-state index in [1.807, 2.05) is 22.9 Å². The van der Waals surface area contributed by atoms with Crippen molar-refractivity contribution in [1.29, 1.82) is 0 Å². The number of likely N-dealkylation sites (tertiary alicyclic amines) is 1. The molecule has 3 N–H and O–H groups in total. The van der Waals surface area contributed by atoms with Gasteiger partial charge in [0.25, 0.3) is 5.56 Å². The van der Waals surface area contributed by atoms with Crippen molar-refractivity contribution in [3.05, 3.63) is 58.4 Å². The summed E-state index contributed by atoms with van der Waals surface area (Å²) in [6.07, 6.45) is 3.95. The Kier molecular flexibility index (Phi) is 7.97. The Hall–Kier alpha value is -3.13. The minimum atomic E-state index is -1.26. The second-order valence-electron chi connectivity index (χ2n) is 6.90. The maximum Gasteiger partial charge on any atom is 0.328 e. The van der Waals surface area contributed by atoms with Crippen LogP contribution in [0.4, 0.5) is 0 Å². The number of carboxylic acid groups (broad SMARTS) is 2. The molecule has 0 bridgehead atoms. The molecule has 1 aromatic carbocycles. The molecule has 0 spiro atoms. The lowest BCUT2D eigenvalue weighted by atomic mass is 10.1. The van der Waals surface area contributed by atoms with Crippen LogP contribution >= 0.6 is 0 Å². The Morgan fingerprint density at radius 3 is 2.14 bits per heavy atom. The van der Waals surface area contributed by atoms with E-state index in [1.54, 1.807) is 0 Å². The summed E-state index contributed by atoms with van der Waals surface area (Å²) in [5.74, 6) is -2.51. The average Bonchev–Trinajstić information content (AvgIpc) is 3.04. The number of piperidine rings is 1. The van der Waals surface area contributed by atoms with Gasteiger partial charge in [0.05, 0.1) is 11.7 Å². The molecular formula is C21H27N3O5. The molecule has 1 aliphatic rings. The van der Waals surface area contributed by atoms with Crippen LogP contribution in [0.5, 0.6) is 0 Å². The number of aromatic nitrogens is 2. The fraction of sp³-hybridized carbons (Fsp3) is 0.381. The van der Waals surface area contributed by atoms with E-state index in [0.29, 0.717) is 18.2 Å². The van der Waals surface area contributed by atoms with Gasteiger partial charge in [-0.05, 0) is 45.0 Å². The maximum absolute atomic E-state index is 12.7. The van der Waals surface area contributed by atoms with Crippen LogP contribution in [0.3, 0.4) is 0 Å². The topological polar surface area (TPSA) is 116 Å². The van der Waals surface area contributed by atoms with E-state index >= 15 is 0 Å². The quantitative estimate of drug-likeness (QED) is 0.663. The number of carboxylic acids is 2. The van der Waals surface area contributed by atoms with Crippen LogP contribution in [0.15, 0.2) is 47.3 Å². The summed E-state index contributed by atoms with van der Waals surface area (Å²) < 4.78 is 1.87. The Morgan fingerprint density at radius 1 is 1.10 bits per heavy atom. The summed E-state index contributed by atoms with van der Waals surface area (Å²) in [6, 6.07) is 10.4. The first kappa shape index (κ1) is 22.2. The number of nitrogens with one attached hydrogen (secondary N) is 1. The van der Waals surface area contributed by atoms with E-state index in [1.165, 1.54) is 0 Å². The molecule has 2 aromatic rings. The molecule has 0 radical (unpaired) electrons. The molecule has 0 saturated carbocycles.